The number of thiophene rings is 2. The lowest BCUT2D eigenvalue weighted by Gasteiger charge is -1.92. The van der Waals surface area contributed by atoms with Crippen molar-refractivity contribution in [3.05, 3.63) is 43.8 Å². The number of rotatable bonds is 2. The molecule has 2 aromatic heterocycles. The van der Waals surface area contributed by atoms with Gasteiger partial charge in [0.05, 0.1) is 9.75 Å². The molecule has 0 radical (unpaired) electrons. The van der Waals surface area contributed by atoms with Gasteiger partial charge in [-0.25, -0.2) is 0 Å². The molecule has 0 aromatic carbocycles. The molecule has 0 spiro atoms. The third-order valence-corrected chi connectivity index (χ3v) is 4.82. The maximum atomic E-state index is 12.0. The van der Waals surface area contributed by atoms with E-state index < -0.39 is 0 Å². The minimum Gasteiger partial charge on any atom is -0.287 e. The summed E-state index contributed by atoms with van der Waals surface area (Å²) in [4.78, 5) is 15.2. The van der Waals surface area contributed by atoms with Crippen molar-refractivity contribution >= 4 is 28.5 Å². The molecule has 3 rings (SSSR count). The van der Waals surface area contributed by atoms with E-state index >= 15 is 0 Å². The van der Waals surface area contributed by atoms with Crippen molar-refractivity contribution in [2.24, 2.45) is 0 Å². The minimum atomic E-state index is 0.199. The third-order valence-electron chi connectivity index (χ3n) is 2.72. The van der Waals surface area contributed by atoms with E-state index in [4.69, 9.17) is 0 Å². The van der Waals surface area contributed by atoms with E-state index in [1.165, 1.54) is 28.2 Å². The van der Waals surface area contributed by atoms with Crippen LogP contribution in [0.5, 0.6) is 0 Å². The maximum Gasteiger partial charge on any atom is 0.212 e. The topological polar surface area (TPSA) is 17.1 Å². The Labute approximate surface area is 96.4 Å². The molecule has 15 heavy (non-hydrogen) atoms. The summed E-state index contributed by atoms with van der Waals surface area (Å²) in [6.45, 7) is 0. The summed E-state index contributed by atoms with van der Waals surface area (Å²) in [5.74, 6) is 0.199. The smallest absolute Gasteiger partial charge is 0.212 e. The first kappa shape index (κ1) is 9.31. The third kappa shape index (κ3) is 1.56. The van der Waals surface area contributed by atoms with Crippen LogP contribution in [0.15, 0.2) is 23.6 Å². The van der Waals surface area contributed by atoms with Gasteiger partial charge in [0.2, 0.25) is 5.78 Å². The summed E-state index contributed by atoms with van der Waals surface area (Å²) in [6, 6.07) is 5.92. The van der Waals surface area contributed by atoms with Crippen molar-refractivity contribution in [1.29, 1.82) is 0 Å². The van der Waals surface area contributed by atoms with Crippen molar-refractivity contribution in [3.8, 4) is 0 Å². The fourth-order valence-corrected chi connectivity index (χ4v) is 3.92. The van der Waals surface area contributed by atoms with Crippen molar-refractivity contribution in [1.82, 2.24) is 0 Å². The minimum absolute atomic E-state index is 0.199. The van der Waals surface area contributed by atoms with Gasteiger partial charge in [-0.1, -0.05) is 6.07 Å². The lowest BCUT2D eigenvalue weighted by atomic mass is 10.2. The van der Waals surface area contributed by atoms with Crippen LogP contribution in [0.1, 0.15) is 31.4 Å². The Hall–Kier alpha value is -0.930. The lowest BCUT2D eigenvalue weighted by molar-refractivity contribution is 0.104. The fraction of sp³-hybridized carbons (Fsp3) is 0.250. The van der Waals surface area contributed by atoms with Gasteiger partial charge in [0.1, 0.15) is 0 Å². The number of hydrogen-bond acceptors (Lipinski definition) is 3. The zero-order valence-corrected chi connectivity index (χ0v) is 9.79. The fourth-order valence-electron chi connectivity index (χ4n) is 1.97. The maximum absolute atomic E-state index is 12.0. The highest BCUT2D eigenvalue weighted by Crippen LogP contribution is 2.32. The highest BCUT2D eigenvalue weighted by molar-refractivity contribution is 7.16. The van der Waals surface area contributed by atoms with E-state index in [0.29, 0.717) is 0 Å². The molecule has 0 saturated heterocycles. The molecular weight excluding hydrogens is 224 g/mol. The van der Waals surface area contributed by atoms with Crippen molar-refractivity contribution in [3.63, 3.8) is 0 Å². The molecule has 0 aliphatic heterocycles. The van der Waals surface area contributed by atoms with Gasteiger partial charge < -0.3 is 0 Å². The number of carbonyl (C=O) groups excluding carboxylic acids is 1. The molecule has 1 aliphatic carbocycles. The second kappa shape index (κ2) is 3.58. The summed E-state index contributed by atoms with van der Waals surface area (Å²) < 4.78 is 0. The van der Waals surface area contributed by atoms with Crippen molar-refractivity contribution < 1.29 is 4.79 Å². The number of carbonyl (C=O) groups is 1. The molecule has 2 aromatic rings. The summed E-state index contributed by atoms with van der Waals surface area (Å²) in [5, 5.41) is 1.95. The number of ketones is 1. The first-order valence-electron chi connectivity index (χ1n) is 5.04. The molecule has 1 aliphatic rings. The van der Waals surface area contributed by atoms with E-state index in [-0.39, 0.29) is 5.78 Å². The van der Waals surface area contributed by atoms with Crippen LogP contribution in [0.3, 0.4) is 0 Å². The van der Waals surface area contributed by atoms with Crippen LogP contribution < -0.4 is 0 Å². The Morgan fingerprint density at radius 3 is 2.93 bits per heavy atom. The van der Waals surface area contributed by atoms with E-state index in [2.05, 4.69) is 6.07 Å². The zero-order valence-electron chi connectivity index (χ0n) is 8.16. The van der Waals surface area contributed by atoms with E-state index in [9.17, 15) is 4.79 Å². The Morgan fingerprint density at radius 1 is 1.27 bits per heavy atom. The summed E-state index contributed by atoms with van der Waals surface area (Å²) in [7, 11) is 0. The predicted octanol–water partition coefficient (Wildman–Crippen LogP) is 3.53. The largest absolute Gasteiger partial charge is 0.287 e. The van der Waals surface area contributed by atoms with Crippen LogP contribution >= 0.6 is 22.7 Å². The molecule has 76 valence electrons. The molecule has 0 saturated carbocycles. The molecule has 0 amide bonds. The van der Waals surface area contributed by atoms with Gasteiger partial charge in [-0.15, -0.1) is 22.7 Å². The number of aryl methyl sites for hydroxylation is 2. The number of fused-ring (bicyclic) bond motifs is 1. The van der Waals surface area contributed by atoms with Crippen LogP contribution in [-0.2, 0) is 12.8 Å². The Bertz CT molecular complexity index is 472. The first-order valence-corrected chi connectivity index (χ1v) is 6.74. The normalized spacial score (nSPS) is 14.1. The van der Waals surface area contributed by atoms with Crippen LogP contribution in [0.2, 0.25) is 0 Å². The molecule has 0 N–H and O–H groups in total. The SMILES string of the molecule is O=C(c1cccs1)c1cc2c(s1)CCC2. The molecule has 1 nitrogen and oxygen atoms in total. The summed E-state index contributed by atoms with van der Waals surface area (Å²) in [5.41, 5.74) is 1.40. The van der Waals surface area contributed by atoms with Crippen LogP contribution in [0, 0.1) is 0 Å². The van der Waals surface area contributed by atoms with Gasteiger partial charge in [-0.05, 0) is 42.3 Å². The van der Waals surface area contributed by atoms with Gasteiger partial charge in [0.25, 0.3) is 0 Å². The molecule has 0 fully saturated rings. The standard InChI is InChI=1S/C12H10OS2/c13-12(10-5-2-6-14-10)11-7-8-3-1-4-9(8)15-11/h2,5-7H,1,3-4H2. The average Bonchev–Trinajstić information content (AvgIpc) is 2.92. The predicted molar refractivity (Wildman–Crippen MR) is 64.1 cm³/mol. The Morgan fingerprint density at radius 2 is 2.20 bits per heavy atom. The molecule has 2 heterocycles. The van der Waals surface area contributed by atoms with Gasteiger partial charge >= 0.3 is 0 Å². The summed E-state index contributed by atoms with van der Waals surface area (Å²) >= 11 is 3.21. The quantitative estimate of drug-likeness (QED) is 0.726. The van der Waals surface area contributed by atoms with Crippen molar-refractivity contribution in [2.45, 2.75) is 19.3 Å². The van der Waals surface area contributed by atoms with Crippen LogP contribution in [0.4, 0.5) is 0 Å². The molecule has 3 heteroatoms. The zero-order chi connectivity index (χ0) is 10.3. The van der Waals surface area contributed by atoms with Crippen molar-refractivity contribution in [2.75, 3.05) is 0 Å². The Balaban J connectivity index is 1.97. The molecule has 0 unspecified atom stereocenters. The highest BCUT2D eigenvalue weighted by Gasteiger charge is 2.19. The Kier molecular flexibility index (Phi) is 2.22. The molecule has 0 bridgehead atoms. The second-order valence-corrected chi connectivity index (χ2v) is 5.80. The van der Waals surface area contributed by atoms with Gasteiger partial charge in [-0.3, -0.25) is 4.79 Å². The van der Waals surface area contributed by atoms with E-state index in [1.807, 2.05) is 17.5 Å². The van der Waals surface area contributed by atoms with Gasteiger partial charge in [-0.2, -0.15) is 0 Å². The van der Waals surface area contributed by atoms with E-state index in [1.54, 1.807) is 11.3 Å². The lowest BCUT2D eigenvalue weighted by Crippen LogP contribution is -1.94. The molecule has 0 atom stereocenters. The molecular formula is C12H10OS2. The van der Waals surface area contributed by atoms with E-state index in [0.717, 1.165) is 22.6 Å². The summed E-state index contributed by atoms with van der Waals surface area (Å²) in [6.07, 6.45) is 3.58. The van der Waals surface area contributed by atoms with Gasteiger partial charge in [0.15, 0.2) is 0 Å². The average molecular weight is 234 g/mol. The van der Waals surface area contributed by atoms with Crippen LogP contribution in [-0.4, -0.2) is 5.78 Å². The van der Waals surface area contributed by atoms with Crippen LogP contribution in [0.25, 0.3) is 0 Å². The first-order chi connectivity index (χ1) is 7.34. The van der Waals surface area contributed by atoms with Gasteiger partial charge in [0, 0.05) is 4.88 Å². The number of hydrogen-bond donors (Lipinski definition) is 0. The monoisotopic (exact) mass is 234 g/mol. The highest BCUT2D eigenvalue weighted by atomic mass is 32.1. The second-order valence-electron chi connectivity index (χ2n) is 3.72.